The van der Waals surface area contributed by atoms with Crippen molar-refractivity contribution >= 4 is 11.7 Å². The van der Waals surface area contributed by atoms with Crippen LogP contribution in [0.3, 0.4) is 0 Å². The Balaban J connectivity index is 2.31. The Morgan fingerprint density at radius 2 is 2.05 bits per heavy atom. The van der Waals surface area contributed by atoms with E-state index in [0.717, 1.165) is 10.6 Å². The lowest BCUT2D eigenvalue weighted by molar-refractivity contribution is -0.0598. The summed E-state index contributed by atoms with van der Waals surface area (Å²) in [6, 6.07) is 9.06. The predicted molar refractivity (Wildman–Crippen MR) is 70.5 cm³/mol. The van der Waals surface area contributed by atoms with E-state index in [2.05, 4.69) is 10.5 Å². The number of amides is 2. The van der Waals surface area contributed by atoms with Crippen LogP contribution in [0.5, 0.6) is 0 Å². The van der Waals surface area contributed by atoms with E-state index in [9.17, 15) is 4.79 Å². The molecule has 1 heterocycles. The molecule has 1 N–H and O–H groups in total. The van der Waals surface area contributed by atoms with Crippen molar-refractivity contribution in [3.05, 3.63) is 36.0 Å². The van der Waals surface area contributed by atoms with Crippen molar-refractivity contribution in [1.82, 2.24) is 10.2 Å². The highest BCUT2D eigenvalue weighted by Gasteiger charge is 2.18. The maximum absolute atomic E-state index is 11.8. The molecule has 0 bridgehead atoms. The highest BCUT2D eigenvalue weighted by molar-refractivity contribution is 5.93. The third kappa shape index (κ3) is 2.74. The Bertz CT molecular complexity index is 566. The minimum Gasteiger partial charge on any atom is -0.354 e. The summed E-state index contributed by atoms with van der Waals surface area (Å²) in [4.78, 5) is 16.6. The van der Waals surface area contributed by atoms with Gasteiger partial charge in [0, 0.05) is 12.6 Å². The zero-order valence-corrected chi connectivity index (χ0v) is 11.0. The number of rotatable bonds is 3. The van der Waals surface area contributed by atoms with Crippen molar-refractivity contribution < 1.29 is 14.2 Å². The molecule has 2 amide bonds. The second kappa shape index (κ2) is 5.53. The number of urea groups is 1. The van der Waals surface area contributed by atoms with Crippen molar-refractivity contribution in [2.45, 2.75) is 6.92 Å². The van der Waals surface area contributed by atoms with Gasteiger partial charge in [0.25, 0.3) is 0 Å². The van der Waals surface area contributed by atoms with Gasteiger partial charge in [-0.1, -0.05) is 35.5 Å². The summed E-state index contributed by atoms with van der Waals surface area (Å²) in [6.07, 6.45) is 0. The third-order valence-corrected chi connectivity index (χ3v) is 2.69. The molecule has 0 spiro atoms. The minimum atomic E-state index is -0.397. The number of anilines is 1. The summed E-state index contributed by atoms with van der Waals surface area (Å²) < 4.78 is 5.27. The molecule has 6 heteroatoms. The number of hydroxylamine groups is 2. The molecule has 0 aliphatic carbocycles. The minimum absolute atomic E-state index is 0.397. The number of carbonyl (C=O) groups is 1. The Labute approximate surface area is 110 Å². The van der Waals surface area contributed by atoms with E-state index < -0.39 is 6.03 Å². The van der Waals surface area contributed by atoms with Crippen LogP contribution in [0.15, 0.2) is 34.9 Å². The van der Waals surface area contributed by atoms with E-state index in [4.69, 9.17) is 9.36 Å². The van der Waals surface area contributed by atoms with Crippen molar-refractivity contribution in [2.75, 3.05) is 19.5 Å². The van der Waals surface area contributed by atoms with Gasteiger partial charge in [-0.3, -0.25) is 4.84 Å². The summed E-state index contributed by atoms with van der Waals surface area (Å²) in [6.45, 7) is 1.76. The molecule has 19 heavy (non-hydrogen) atoms. The van der Waals surface area contributed by atoms with E-state index in [0.29, 0.717) is 17.1 Å². The Morgan fingerprint density at radius 3 is 2.68 bits per heavy atom. The summed E-state index contributed by atoms with van der Waals surface area (Å²) in [5.74, 6) is 0.524. The van der Waals surface area contributed by atoms with Crippen LogP contribution in [0.1, 0.15) is 5.69 Å². The number of aromatic nitrogens is 1. The van der Waals surface area contributed by atoms with E-state index >= 15 is 0 Å². The monoisotopic (exact) mass is 261 g/mol. The topological polar surface area (TPSA) is 67.6 Å². The second-order valence-electron chi connectivity index (χ2n) is 3.95. The molecular weight excluding hydrogens is 246 g/mol. The van der Waals surface area contributed by atoms with Gasteiger partial charge in [0.15, 0.2) is 5.76 Å². The van der Waals surface area contributed by atoms with E-state index in [1.54, 1.807) is 6.92 Å². The molecule has 0 unspecified atom stereocenters. The molecule has 0 saturated carbocycles. The fourth-order valence-corrected chi connectivity index (χ4v) is 1.57. The van der Waals surface area contributed by atoms with Crippen molar-refractivity contribution in [3.63, 3.8) is 0 Å². The third-order valence-electron chi connectivity index (χ3n) is 2.69. The normalized spacial score (nSPS) is 10.3. The molecule has 0 aliphatic rings. The highest BCUT2D eigenvalue weighted by Crippen LogP contribution is 2.30. The van der Waals surface area contributed by atoms with Crippen LogP contribution in [-0.4, -0.2) is 30.4 Å². The van der Waals surface area contributed by atoms with Gasteiger partial charge >= 0.3 is 6.03 Å². The summed E-state index contributed by atoms with van der Waals surface area (Å²) in [5, 5.41) is 7.68. The Morgan fingerprint density at radius 1 is 1.37 bits per heavy atom. The molecule has 1 aromatic carbocycles. The average molecular weight is 261 g/mol. The number of hydrogen-bond acceptors (Lipinski definition) is 4. The lowest BCUT2D eigenvalue weighted by Gasteiger charge is -2.14. The summed E-state index contributed by atoms with van der Waals surface area (Å²) >= 11 is 0. The first kappa shape index (κ1) is 13.1. The van der Waals surface area contributed by atoms with Gasteiger partial charge in [0.05, 0.1) is 7.11 Å². The first-order valence-corrected chi connectivity index (χ1v) is 5.74. The molecule has 2 rings (SSSR count). The zero-order chi connectivity index (χ0) is 13.8. The van der Waals surface area contributed by atoms with Gasteiger partial charge in [0.1, 0.15) is 11.4 Å². The van der Waals surface area contributed by atoms with Crippen LogP contribution in [0, 0.1) is 6.92 Å². The Hall–Kier alpha value is -2.34. The SMILES string of the molecule is CON(C)C(=O)Nc1c(C)noc1-c1ccccc1. The van der Waals surface area contributed by atoms with Crippen LogP contribution in [-0.2, 0) is 4.84 Å². The number of hydrogen-bond donors (Lipinski definition) is 1. The fourth-order valence-electron chi connectivity index (χ4n) is 1.57. The van der Waals surface area contributed by atoms with Crippen LogP contribution in [0.4, 0.5) is 10.5 Å². The van der Waals surface area contributed by atoms with Gasteiger partial charge in [-0.05, 0) is 6.92 Å². The lowest BCUT2D eigenvalue weighted by Crippen LogP contribution is -2.30. The van der Waals surface area contributed by atoms with E-state index in [-0.39, 0.29) is 0 Å². The largest absolute Gasteiger partial charge is 0.354 e. The standard InChI is InChI=1S/C13H15N3O3/c1-9-11(14-13(17)16(2)18-3)12(19-15-9)10-7-5-4-6-8-10/h4-8H,1-3H3,(H,14,17). The Kier molecular flexibility index (Phi) is 3.82. The highest BCUT2D eigenvalue weighted by atomic mass is 16.7. The fraction of sp³-hybridized carbons (Fsp3) is 0.231. The van der Waals surface area contributed by atoms with E-state index in [1.807, 2.05) is 30.3 Å². The van der Waals surface area contributed by atoms with E-state index in [1.165, 1.54) is 14.2 Å². The molecule has 100 valence electrons. The molecular formula is C13H15N3O3. The number of aryl methyl sites for hydroxylation is 1. The molecule has 0 radical (unpaired) electrons. The molecule has 0 aliphatic heterocycles. The van der Waals surface area contributed by atoms with Gasteiger partial charge in [-0.2, -0.15) is 0 Å². The van der Waals surface area contributed by atoms with Crippen molar-refractivity contribution in [3.8, 4) is 11.3 Å². The van der Waals surface area contributed by atoms with Crippen LogP contribution in [0.25, 0.3) is 11.3 Å². The second-order valence-corrected chi connectivity index (χ2v) is 3.95. The van der Waals surface area contributed by atoms with Crippen LogP contribution >= 0.6 is 0 Å². The summed E-state index contributed by atoms with van der Waals surface area (Å²) in [5.41, 5.74) is 2.00. The molecule has 6 nitrogen and oxygen atoms in total. The molecule has 0 fully saturated rings. The van der Waals surface area contributed by atoms with Gasteiger partial charge in [-0.25, -0.2) is 9.86 Å². The first-order chi connectivity index (χ1) is 9.13. The smallest absolute Gasteiger partial charge is 0.345 e. The predicted octanol–water partition coefficient (Wildman–Crippen LogP) is 2.68. The molecule has 0 saturated heterocycles. The maximum Gasteiger partial charge on any atom is 0.345 e. The lowest BCUT2D eigenvalue weighted by atomic mass is 10.1. The average Bonchev–Trinajstić information content (AvgIpc) is 2.80. The number of nitrogens with one attached hydrogen (secondary N) is 1. The molecule has 2 aromatic rings. The van der Waals surface area contributed by atoms with Crippen LogP contribution < -0.4 is 5.32 Å². The van der Waals surface area contributed by atoms with Crippen molar-refractivity contribution in [2.24, 2.45) is 0 Å². The quantitative estimate of drug-likeness (QED) is 0.862. The van der Waals surface area contributed by atoms with Gasteiger partial charge in [-0.15, -0.1) is 0 Å². The number of nitrogens with zero attached hydrogens (tertiary/aromatic N) is 2. The van der Waals surface area contributed by atoms with Gasteiger partial charge in [0.2, 0.25) is 0 Å². The molecule has 0 atom stereocenters. The number of benzene rings is 1. The maximum atomic E-state index is 11.8. The molecule has 1 aromatic heterocycles. The number of carbonyl (C=O) groups excluding carboxylic acids is 1. The summed E-state index contributed by atoms with van der Waals surface area (Å²) in [7, 11) is 2.93. The van der Waals surface area contributed by atoms with Crippen molar-refractivity contribution in [1.29, 1.82) is 0 Å². The first-order valence-electron chi connectivity index (χ1n) is 5.74. The van der Waals surface area contributed by atoms with Gasteiger partial charge < -0.3 is 9.84 Å². The van der Waals surface area contributed by atoms with Crippen LogP contribution in [0.2, 0.25) is 0 Å². The zero-order valence-electron chi connectivity index (χ0n) is 11.0.